The molecular formula is C9H10N2O4. The molecule has 1 amide bonds. The molecular weight excluding hydrogens is 200 g/mol. The van der Waals surface area contributed by atoms with Crippen molar-refractivity contribution >= 4 is 11.9 Å². The topological polar surface area (TPSA) is 90.5 Å². The molecule has 15 heavy (non-hydrogen) atoms. The first kappa shape index (κ1) is 11.0. The largest absolute Gasteiger partial charge is 0.480 e. The molecule has 0 saturated heterocycles. The second-order valence-electron chi connectivity index (χ2n) is 2.97. The molecule has 6 heteroatoms. The Balaban J connectivity index is 2.90. The van der Waals surface area contributed by atoms with Crippen molar-refractivity contribution in [1.82, 2.24) is 9.88 Å². The van der Waals surface area contributed by atoms with Gasteiger partial charge in [-0.15, -0.1) is 0 Å². The first-order valence-electron chi connectivity index (χ1n) is 4.17. The highest BCUT2D eigenvalue weighted by Gasteiger charge is 2.16. The van der Waals surface area contributed by atoms with Crippen LogP contribution in [-0.4, -0.2) is 40.5 Å². The molecule has 0 fully saturated rings. The third kappa shape index (κ3) is 2.67. The van der Waals surface area contributed by atoms with Crippen LogP contribution in [-0.2, 0) is 4.79 Å². The fourth-order valence-corrected chi connectivity index (χ4v) is 1.07. The Hall–Kier alpha value is -2.11. The average molecular weight is 210 g/mol. The minimum Gasteiger partial charge on any atom is -0.480 e. The molecule has 2 N–H and O–H groups in total. The van der Waals surface area contributed by atoms with Gasteiger partial charge in [-0.1, -0.05) is 0 Å². The van der Waals surface area contributed by atoms with Gasteiger partial charge in [-0.25, -0.2) is 0 Å². The number of carboxylic acid groups (broad SMARTS) is 1. The van der Waals surface area contributed by atoms with E-state index in [-0.39, 0.29) is 5.56 Å². The maximum atomic E-state index is 11.5. The molecule has 1 aromatic heterocycles. The summed E-state index contributed by atoms with van der Waals surface area (Å²) in [4.78, 5) is 36.4. The van der Waals surface area contributed by atoms with Crippen molar-refractivity contribution in [1.29, 1.82) is 0 Å². The summed E-state index contributed by atoms with van der Waals surface area (Å²) in [7, 11) is 1.32. The summed E-state index contributed by atoms with van der Waals surface area (Å²) >= 11 is 0. The van der Waals surface area contributed by atoms with Gasteiger partial charge in [0.15, 0.2) is 0 Å². The predicted octanol–water partition coefficient (Wildman–Crippen LogP) is -0.469. The number of amides is 1. The van der Waals surface area contributed by atoms with Crippen molar-refractivity contribution in [2.45, 2.75) is 0 Å². The molecule has 0 radical (unpaired) electrons. The van der Waals surface area contributed by atoms with Gasteiger partial charge < -0.3 is 15.0 Å². The van der Waals surface area contributed by atoms with E-state index in [2.05, 4.69) is 4.98 Å². The van der Waals surface area contributed by atoms with Crippen molar-refractivity contribution in [3.8, 4) is 0 Å². The average Bonchev–Trinajstić information content (AvgIpc) is 2.16. The fraction of sp³-hybridized carbons (Fsp3) is 0.222. The normalized spacial score (nSPS) is 9.67. The zero-order chi connectivity index (χ0) is 11.4. The summed E-state index contributed by atoms with van der Waals surface area (Å²) in [5, 5.41) is 8.47. The number of aromatic amines is 1. The standard InChI is InChI=1S/C9H10N2O4/c1-11(5-7(12)13)9(15)6-3-2-4-10-8(6)14/h2-4H,5H2,1H3,(H,10,14)(H,12,13). The number of H-pyrrole nitrogens is 1. The number of pyridine rings is 1. The van der Waals surface area contributed by atoms with E-state index in [1.165, 1.54) is 25.4 Å². The molecule has 0 spiro atoms. The van der Waals surface area contributed by atoms with Crippen LogP contribution in [0.1, 0.15) is 10.4 Å². The number of carbonyl (C=O) groups excluding carboxylic acids is 1. The van der Waals surface area contributed by atoms with Crippen molar-refractivity contribution in [2.24, 2.45) is 0 Å². The summed E-state index contributed by atoms with van der Waals surface area (Å²) in [6.45, 7) is -0.437. The number of nitrogens with one attached hydrogen (secondary N) is 1. The Morgan fingerprint density at radius 2 is 2.20 bits per heavy atom. The van der Waals surface area contributed by atoms with Crippen molar-refractivity contribution < 1.29 is 14.7 Å². The number of hydrogen-bond donors (Lipinski definition) is 2. The molecule has 0 aliphatic rings. The molecule has 0 aliphatic heterocycles. The Kier molecular flexibility index (Phi) is 3.22. The molecule has 0 bridgehead atoms. The molecule has 0 aromatic carbocycles. The number of carbonyl (C=O) groups is 2. The lowest BCUT2D eigenvalue weighted by Gasteiger charge is -2.13. The van der Waals surface area contributed by atoms with Crippen LogP contribution in [0, 0.1) is 0 Å². The number of carboxylic acids is 1. The second kappa shape index (κ2) is 4.41. The second-order valence-corrected chi connectivity index (χ2v) is 2.97. The summed E-state index contributed by atoms with van der Waals surface area (Å²) < 4.78 is 0. The van der Waals surface area contributed by atoms with Gasteiger partial charge in [-0.05, 0) is 12.1 Å². The number of hydrogen-bond acceptors (Lipinski definition) is 3. The number of nitrogens with zero attached hydrogens (tertiary/aromatic N) is 1. The zero-order valence-corrected chi connectivity index (χ0v) is 8.06. The highest BCUT2D eigenvalue weighted by molar-refractivity contribution is 5.95. The minimum absolute atomic E-state index is 0.0683. The van der Waals surface area contributed by atoms with Gasteiger partial charge >= 0.3 is 5.97 Å². The SMILES string of the molecule is CN(CC(=O)O)C(=O)c1ccc[nH]c1=O. The maximum Gasteiger partial charge on any atom is 0.323 e. The lowest BCUT2D eigenvalue weighted by Crippen LogP contribution is -2.35. The van der Waals surface area contributed by atoms with Crippen LogP contribution >= 0.6 is 0 Å². The van der Waals surface area contributed by atoms with Crippen LogP contribution in [0.2, 0.25) is 0 Å². The molecule has 0 atom stereocenters. The summed E-state index contributed by atoms with van der Waals surface area (Å²) in [5.41, 5.74) is -0.596. The number of likely N-dealkylation sites (N-methyl/N-ethyl adjacent to an activating group) is 1. The van der Waals surface area contributed by atoms with Crippen molar-refractivity contribution in [2.75, 3.05) is 13.6 Å². The summed E-state index contributed by atoms with van der Waals surface area (Å²) in [6.07, 6.45) is 1.40. The molecule has 1 aromatic rings. The third-order valence-corrected chi connectivity index (χ3v) is 1.77. The van der Waals surface area contributed by atoms with E-state index in [0.29, 0.717) is 0 Å². The Morgan fingerprint density at radius 1 is 1.53 bits per heavy atom. The number of aliphatic carboxylic acids is 1. The third-order valence-electron chi connectivity index (χ3n) is 1.77. The minimum atomic E-state index is -1.13. The first-order chi connectivity index (χ1) is 7.02. The fourth-order valence-electron chi connectivity index (χ4n) is 1.07. The maximum absolute atomic E-state index is 11.5. The van der Waals surface area contributed by atoms with Gasteiger partial charge in [-0.3, -0.25) is 14.4 Å². The molecule has 80 valence electrons. The van der Waals surface area contributed by atoms with E-state index in [1.807, 2.05) is 0 Å². The van der Waals surface area contributed by atoms with E-state index in [0.717, 1.165) is 4.90 Å². The lowest BCUT2D eigenvalue weighted by atomic mass is 10.2. The highest BCUT2D eigenvalue weighted by atomic mass is 16.4. The van der Waals surface area contributed by atoms with Crippen LogP contribution in [0.25, 0.3) is 0 Å². The Labute approximate surface area is 85.1 Å². The van der Waals surface area contributed by atoms with Crippen LogP contribution in [0.5, 0.6) is 0 Å². The molecule has 0 saturated carbocycles. The van der Waals surface area contributed by atoms with Gasteiger partial charge in [0.1, 0.15) is 12.1 Å². The molecule has 6 nitrogen and oxygen atoms in total. The van der Waals surface area contributed by atoms with Gasteiger partial charge in [0, 0.05) is 13.2 Å². The van der Waals surface area contributed by atoms with Crippen LogP contribution in [0.15, 0.2) is 23.1 Å². The summed E-state index contributed by atoms with van der Waals surface area (Å²) in [5.74, 6) is -1.74. The molecule has 0 unspecified atom stereocenters. The zero-order valence-electron chi connectivity index (χ0n) is 8.06. The smallest absolute Gasteiger partial charge is 0.323 e. The number of aromatic nitrogens is 1. The van der Waals surface area contributed by atoms with Gasteiger partial charge in [0.05, 0.1) is 0 Å². The first-order valence-corrected chi connectivity index (χ1v) is 4.17. The van der Waals surface area contributed by atoms with Gasteiger partial charge in [-0.2, -0.15) is 0 Å². The van der Waals surface area contributed by atoms with E-state index in [4.69, 9.17) is 5.11 Å². The molecule has 1 rings (SSSR count). The van der Waals surface area contributed by atoms with Crippen molar-refractivity contribution in [3.63, 3.8) is 0 Å². The Morgan fingerprint density at radius 3 is 2.73 bits per heavy atom. The summed E-state index contributed by atoms with van der Waals surface area (Å²) in [6, 6.07) is 2.85. The quantitative estimate of drug-likeness (QED) is 0.705. The van der Waals surface area contributed by atoms with Gasteiger partial charge in [0.25, 0.3) is 11.5 Å². The van der Waals surface area contributed by atoms with Crippen LogP contribution in [0.3, 0.4) is 0 Å². The van der Waals surface area contributed by atoms with Gasteiger partial charge in [0.2, 0.25) is 0 Å². The predicted molar refractivity (Wildman–Crippen MR) is 51.7 cm³/mol. The van der Waals surface area contributed by atoms with E-state index >= 15 is 0 Å². The molecule has 1 heterocycles. The monoisotopic (exact) mass is 210 g/mol. The van der Waals surface area contributed by atoms with Crippen LogP contribution < -0.4 is 5.56 Å². The highest BCUT2D eigenvalue weighted by Crippen LogP contribution is 1.96. The van der Waals surface area contributed by atoms with E-state index in [1.54, 1.807) is 0 Å². The number of rotatable bonds is 3. The van der Waals surface area contributed by atoms with E-state index < -0.39 is 24.0 Å². The Bertz CT molecular complexity index is 438. The van der Waals surface area contributed by atoms with Crippen LogP contribution in [0.4, 0.5) is 0 Å². The lowest BCUT2D eigenvalue weighted by molar-refractivity contribution is -0.137. The molecule has 0 aliphatic carbocycles. The van der Waals surface area contributed by atoms with E-state index in [9.17, 15) is 14.4 Å². The van der Waals surface area contributed by atoms with Crippen molar-refractivity contribution in [3.05, 3.63) is 34.2 Å².